The maximum atomic E-state index is 5.51. The summed E-state index contributed by atoms with van der Waals surface area (Å²) in [6.07, 6.45) is 1.95. The fraction of sp³-hybridized carbons (Fsp3) is 0.600. The van der Waals surface area contributed by atoms with Gasteiger partial charge in [0.05, 0.1) is 6.10 Å². The molecule has 1 aliphatic rings. The molecule has 0 saturated carbocycles. The van der Waals surface area contributed by atoms with Crippen molar-refractivity contribution in [1.29, 1.82) is 0 Å². The second kappa shape index (κ2) is 4.44. The van der Waals surface area contributed by atoms with E-state index in [0.717, 1.165) is 13.1 Å². The van der Waals surface area contributed by atoms with Crippen LogP contribution < -0.4 is 14.8 Å². The lowest BCUT2D eigenvalue weighted by Crippen LogP contribution is -2.50. The lowest BCUT2D eigenvalue weighted by Gasteiger charge is -2.26. The highest BCUT2D eigenvalue weighted by Gasteiger charge is 2.19. The molecular weight excluding hydrogens is 194 g/mol. The highest BCUT2D eigenvalue weighted by molar-refractivity contribution is 5.11. The topological polar surface area (TPSA) is 56.3 Å². The van der Waals surface area contributed by atoms with E-state index >= 15 is 0 Å². The molecule has 2 heterocycles. The Hall–Kier alpha value is -1.36. The van der Waals surface area contributed by atoms with Gasteiger partial charge in [0.2, 0.25) is 5.88 Å². The predicted molar refractivity (Wildman–Crippen MR) is 55.1 cm³/mol. The lowest BCUT2D eigenvalue weighted by molar-refractivity contribution is 0.126. The van der Waals surface area contributed by atoms with E-state index in [-0.39, 0.29) is 12.2 Å². The monoisotopic (exact) mass is 209 g/mol. The van der Waals surface area contributed by atoms with Gasteiger partial charge in [-0.25, -0.2) is 4.98 Å². The van der Waals surface area contributed by atoms with E-state index in [1.54, 1.807) is 12.3 Å². The van der Waals surface area contributed by atoms with Crippen molar-refractivity contribution in [2.75, 3.05) is 13.1 Å². The Morgan fingerprint density at radius 2 is 2.27 bits per heavy atom. The van der Waals surface area contributed by atoms with Crippen LogP contribution in [0.5, 0.6) is 11.9 Å². The molecule has 0 bridgehead atoms. The minimum absolute atomic E-state index is 0.109. The van der Waals surface area contributed by atoms with Gasteiger partial charge in [-0.1, -0.05) is 0 Å². The second-order valence-electron chi connectivity index (χ2n) is 3.74. The van der Waals surface area contributed by atoms with Gasteiger partial charge in [-0.3, -0.25) is 0 Å². The molecule has 1 N–H and O–H groups in total. The molecule has 15 heavy (non-hydrogen) atoms. The second-order valence-corrected chi connectivity index (χ2v) is 3.74. The van der Waals surface area contributed by atoms with Crippen LogP contribution in [-0.4, -0.2) is 35.3 Å². The molecule has 0 aromatic carbocycles. The van der Waals surface area contributed by atoms with Gasteiger partial charge < -0.3 is 14.8 Å². The van der Waals surface area contributed by atoms with Gasteiger partial charge in [-0.2, -0.15) is 4.98 Å². The molecule has 1 fully saturated rings. The van der Waals surface area contributed by atoms with Crippen LogP contribution >= 0.6 is 0 Å². The Balaban J connectivity index is 1.98. The van der Waals surface area contributed by atoms with Crippen molar-refractivity contribution in [2.24, 2.45) is 0 Å². The third-order valence-electron chi connectivity index (χ3n) is 1.98. The maximum Gasteiger partial charge on any atom is 0.320 e. The third kappa shape index (κ3) is 2.79. The zero-order valence-corrected chi connectivity index (χ0v) is 8.93. The van der Waals surface area contributed by atoms with Crippen LogP contribution in [0.3, 0.4) is 0 Å². The van der Waals surface area contributed by atoms with Gasteiger partial charge >= 0.3 is 6.01 Å². The van der Waals surface area contributed by atoms with Crippen LogP contribution in [0.1, 0.15) is 13.8 Å². The van der Waals surface area contributed by atoms with E-state index in [9.17, 15) is 0 Å². The number of nitrogens with one attached hydrogen (secondary N) is 1. The molecule has 0 aliphatic carbocycles. The molecule has 1 aromatic rings. The van der Waals surface area contributed by atoms with Crippen molar-refractivity contribution in [2.45, 2.75) is 26.1 Å². The molecular formula is C10H15N3O2. The zero-order chi connectivity index (χ0) is 10.7. The van der Waals surface area contributed by atoms with Crippen molar-refractivity contribution in [3.63, 3.8) is 0 Å². The summed E-state index contributed by atoms with van der Waals surface area (Å²) >= 11 is 0. The number of ether oxygens (including phenoxy) is 2. The normalized spacial score (nSPS) is 16.2. The first-order valence-corrected chi connectivity index (χ1v) is 5.11. The minimum Gasteiger partial charge on any atom is -0.475 e. The van der Waals surface area contributed by atoms with Crippen LogP contribution in [0.25, 0.3) is 0 Å². The first kappa shape index (κ1) is 10.2. The van der Waals surface area contributed by atoms with Crippen LogP contribution in [0.2, 0.25) is 0 Å². The van der Waals surface area contributed by atoms with E-state index in [1.165, 1.54) is 0 Å². The fourth-order valence-electron chi connectivity index (χ4n) is 1.18. The van der Waals surface area contributed by atoms with E-state index in [0.29, 0.717) is 11.9 Å². The predicted octanol–water partition coefficient (Wildman–Crippen LogP) is 0.614. The van der Waals surface area contributed by atoms with E-state index in [1.807, 2.05) is 13.8 Å². The van der Waals surface area contributed by atoms with Gasteiger partial charge in [0.15, 0.2) is 0 Å². The summed E-state index contributed by atoms with van der Waals surface area (Å²) < 4.78 is 10.9. The quantitative estimate of drug-likeness (QED) is 0.787. The molecule has 1 aliphatic heterocycles. The van der Waals surface area contributed by atoms with Gasteiger partial charge in [0.1, 0.15) is 6.10 Å². The first-order chi connectivity index (χ1) is 7.24. The Morgan fingerprint density at radius 3 is 2.87 bits per heavy atom. The van der Waals surface area contributed by atoms with Crippen molar-refractivity contribution >= 4 is 0 Å². The number of aromatic nitrogens is 2. The van der Waals surface area contributed by atoms with Crippen molar-refractivity contribution in [1.82, 2.24) is 15.3 Å². The summed E-state index contributed by atoms with van der Waals surface area (Å²) in [5.74, 6) is 0.558. The Bertz CT molecular complexity index is 326. The van der Waals surface area contributed by atoms with Crippen LogP contribution in [0.15, 0.2) is 12.3 Å². The average molecular weight is 209 g/mol. The van der Waals surface area contributed by atoms with E-state index in [4.69, 9.17) is 9.47 Å². The Morgan fingerprint density at radius 1 is 1.47 bits per heavy atom. The molecule has 0 atom stereocenters. The Labute approximate surface area is 88.8 Å². The van der Waals surface area contributed by atoms with Gasteiger partial charge in [0, 0.05) is 25.4 Å². The fourth-order valence-corrected chi connectivity index (χ4v) is 1.18. The maximum absolute atomic E-state index is 5.51. The van der Waals surface area contributed by atoms with Gasteiger partial charge in [-0.05, 0) is 13.8 Å². The highest BCUT2D eigenvalue weighted by Crippen LogP contribution is 2.13. The number of hydrogen-bond donors (Lipinski definition) is 1. The molecule has 0 unspecified atom stereocenters. The smallest absolute Gasteiger partial charge is 0.320 e. The summed E-state index contributed by atoms with van der Waals surface area (Å²) in [6.45, 7) is 5.63. The van der Waals surface area contributed by atoms with Crippen LogP contribution in [-0.2, 0) is 0 Å². The molecule has 1 aromatic heterocycles. The molecule has 0 spiro atoms. The van der Waals surface area contributed by atoms with Crippen LogP contribution in [0, 0.1) is 0 Å². The molecule has 0 amide bonds. The van der Waals surface area contributed by atoms with E-state index < -0.39 is 0 Å². The summed E-state index contributed by atoms with van der Waals surface area (Å²) in [7, 11) is 0. The van der Waals surface area contributed by atoms with Gasteiger partial charge in [-0.15, -0.1) is 0 Å². The third-order valence-corrected chi connectivity index (χ3v) is 1.98. The van der Waals surface area contributed by atoms with Crippen molar-refractivity contribution < 1.29 is 9.47 Å². The number of rotatable bonds is 4. The summed E-state index contributed by atoms with van der Waals surface area (Å²) in [5, 5.41) is 3.12. The largest absolute Gasteiger partial charge is 0.475 e. The Kier molecular flexibility index (Phi) is 3.01. The molecule has 0 radical (unpaired) electrons. The van der Waals surface area contributed by atoms with Gasteiger partial charge in [0.25, 0.3) is 0 Å². The summed E-state index contributed by atoms with van der Waals surface area (Å²) in [4.78, 5) is 8.18. The molecule has 1 saturated heterocycles. The summed E-state index contributed by atoms with van der Waals surface area (Å²) in [6, 6.07) is 2.12. The standard InChI is InChI=1S/C10H15N3O2/c1-7(2)14-9-3-4-12-10(13-9)15-8-5-11-6-8/h3-4,7-8,11H,5-6H2,1-2H3. The minimum atomic E-state index is 0.109. The number of nitrogens with zero attached hydrogens (tertiary/aromatic N) is 2. The molecule has 5 nitrogen and oxygen atoms in total. The van der Waals surface area contributed by atoms with Crippen LogP contribution in [0.4, 0.5) is 0 Å². The van der Waals surface area contributed by atoms with Crippen molar-refractivity contribution in [3.8, 4) is 11.9 Å². The first-order valence-electron chi connectivity index (χ1n) is 5.11. The molecule has 5 heteroatoms. The number of hydrogen-bond acceptors (Lipinski definition) is 5. The average Bonchev–Trinajstić information content (AvgIpc) is 2.11. The summed E-state index contributed by atoms with van der Waals surface area (Å²) in [5.41, 5.74) is 0. The zero-order valence-electron chi connectivity index (χ0n) is 8.93. The molecule has 2 rings (SSSR count). The van der Waals surface area contributed by atoms with E-state index in [2.05, 4.69) is 15.3 Å². The SMILES string of the molecule is CC(C)Oc1ccnc(OC2CNC2)n1. The lowest BCUT2D eigenvalue weighted by atomic mass is 10.2. The molecule has 82 valence electrons. The van der Waals surface area contributed by atoms with Crippen molar-refractivity contribution in [3.05, 3.63) is 12.3 Å². The highest BCUT2D eigenvalue weighted by atomic mass is 16.5.